The van der Waals surface area contributed by atoms with E-state index in [0.717, 1.165) is 0 Å². The zero-order valence-corrected chi connectivity index (χ0v) is 4.97. The van der Waals surface area contributed by atoms with Gasteiger partial charge in [-0.15, -0.1) is 0 Å². The van der Waals surface area contributed by atoms with Gasteiger partial charge in [0.05, 0.1) is 0 Å². The van der Waals surface area contributed by atoms with Gasteiger partial charge in [0, 0.05) is 14.1 Å². The van der Waals surface area contributed by atoms with Crippen LogP contribution in [0, 0.1) is 0 Å². The molecule has 0 aromatic heterocycles. The third-order valence-corrected chi connectivity index (χ3v) is 0.716. The zero-order chi connectivity index (χ0) is 5.86. The van der Waals surface area contributed by atoms with E-state index >= 15 is 0 Å². The fraction of sp³-hybridized carbons (Fsp3) is 0.600. The van der Waals surface area contributed by atoms with Crippen LogP contribution in [0.4, 0.5) is 0 Å². The molecule has 0 amide bonds. The first-order chi connectivity index (χ1) is 3.18. The molecule has 0 unspecified atom stereocenters. The number of aliphatic hydroxyl groups is 1. The molecule has 0 aliphatic carbocycles. The SMILES string of the molecule is C/C=C(\O)N(C)C. The second kappa shape index (κ2) is 2.50. The van der Waals surface area contributed by atoms with Gasteiger partial charge in [0.2, 0.25) is 0 Å². The highest BCUT2D eigenvalue weighted by Crippen LogP contribution is 1.88. The molecule has 0 spiro atoms. The van der Waals surface area contributed by atoms with Crippen molar-refractivity contribution < 1.29 is 5.11 Å². The summed E-state index contributed by atoms with van der Waals surface area (Å²) >= 11 is 0. The number of aliphatic hydroxyl groups excluding tert-OH is 1. The summed E-state index contributed by atoms with van der Waals surface area (Å²) in [6, 6.07) is 0. The Balaban J connectivity index is 3.56. The van der Waals surface area contributed by atoms with Crippen molar-refractivity contribution in [1.29, 1.82) is 0 Å². The summed E-state index contributed by atoms with van der Waals surface area (Å²) in [6.07, 6.45) is 1.64. The summed E-state index contributed by atoms with van der Waals surface area (Å²) in [4.78, 5) is 1.64. The molecule has 2 nitrogen and oxygen atoms in total. The fourth-order valence-electron chi connectivity index (χ4n) is 0.258. The van der Waals surface area contributed by atoms with Gasteiger partial charge in [-0.3, -0.25) is 0 Å². The summed E-state index contributed by atoms with van der Waals surface area (Å²) in [6.45, 7) is 1.79. The first-order valence-electron chi connectivity index (χ1n) is 2.21. The molecule has 0 aromatic carbocycles. The van der Waals surface area contributed by atoms with Gasteiger partial charge in [-0.1, -0.05) is 0 Å². The van der Waals surface area contributed by atoms with Crippen molar-refractivity contribution in [2.45, 2.75) is 6.92 Å². The molecule has 0 rings (SSSR count). The maximum Gasteiger partial charge on any atom is 0.181 e. The van der Waals surface area contributed by atoms with Crippen LogP contribution in [0.5, 0.6) is 0 Å². The molecule has 2 heteroatoms. The standard InChI is InChI=1S/C5H11NO/c1-4-5(7)6(2)3/h4,7H,1-3H3/b5-4-. The highest BCUT2D eigenvalue weighted by molar-refractivity contribution is 4.83. The number of allylic oxidation sites excluding steroid dienone is 1. The molecular formula is C5H11NO. The van der Waals surface area contributed by atoms with Crippen molar-refractivity contribution in [3.05, 3.63) is 12.0 Å². The number of hydrogen-bond acceptors (Lipinski definition) is 2. The Morgan fingerprint density at radius 3 is 2.00 bits per heavy atom. The summed E-state index contributed by atoms with van der Waals surface area (Å²) in [5.41, 5.74) is 0. The van der Waals surface area contributed by atoms with Crippen LogP contribution in [0.15, 0.2) is 12.0 Å². The van der Waals surface area contributed by atoms with Crippen molar-refractivity contribution in [1.82, 2.24) is 4.90 Å². The van der Waals surface area contributed by atoms with Gasteiger partial charge in [-0.2, -0.15) is 0 Å². The summed E-state index contributed by atoms with van der Waals surface area (Å²) in [7, 11) is 3.57. The van der Waals surface area contributed by atoms with Crippen LogP contribution in [0.3, 0.4) is 0 Å². The maximum atomic E-state index is 8.72. The van der Waals surface area contributed by atoms with Gasteiger partial charge in [0.1, 0.15) is 0 Å². The summed E-state index contributed by atoms with van der Waals surface area (Å²) in [5, 5.41) is 8.72. The molecular weight excluding hydrogens is 90.1 g/mol. The van der Waals surface area contributed by atoms with Gasteiger partial charge >= 0.3 is 0 Å². The average molecular weight is 101 g/mol. The third-order valence-electron chi connectivity index (χ3n) is 0.716. The molecule has 0 aliphatic heterocycles. The Morgan fingerprint density at radius 2 is 2.00 bits per heavy atom. The molecule has 0 bridgehead atoms. The third kappa shape index (κ3) is 2.09. The molecule has 0 aliphatic rings. The molecule has 0 fully saturated rings. The first-order valence-corrected chi connectivity index (χ1v) is 2.21. The Morgan fingerprint density at radius 1 is 1.57 bits per heavy atom. The molecule has 7 heavy (non-hydrogen) atoms. The highest BCUT2D eigenvalue weighted by atomic mass is 16.3. The Bertz CT molecular complexity index is 76.1. The number of nitrogens with zero attached hydrogens (tertiary/aromatic N) is 1. The monoisotopic (exact) mass is 101 g/mol. The quantitative estimate of drug-likeness (QED) is 0.497. The van der Waals surface area contributed by atoms with E-state index in [2.05, 4.69) is 0 Å². The molecule has 1 N–H and O–H groups in total. The van der Waals surface area contributed by atoms with Crippen LogP contribution >= 0.6 is 0 Å². The van der Waals surface area contributed by atoms with Gasteiger partial charge in [0.25, 0.3) is 0 Å². The van der Waals surface area contributed by atoms with E-state index in [-0.39, 0.29) is 0 Å². The van der Waals surface area contributed by atoms with Crippen LogP contribution in [0.1, 0.15) is 6.92 Å². The molecule has 0 aromatic rings. The van der Waals surface area contributed by atoms with Crippen molar-refractivity contribution in [3.63, 3.8) is 0 Å². The lowest BCUT2D eigenvalue weighted by Crippen LogP contribution is -2.09. The predicted molar refractivity (Wildman–Crippen MR) is 30.1 cm³/mol. The Hall–Kier alpha value is -0.660. The smallest absolute Gasteiger partial charge is 0.181 e. The van der Waals surface area contributed by atoms with Crippen molar-refractivity contribution >= 4 is 0 Å². The largest absolute Gasteiger partial charge is 0.495 e. The Labute approximate surface area is 44.1 Å². The van der Waals surface area contributed by atoms with Crippen LogP contribution < -0.4 is 0 Å². The summed E-state index contributed by atoms with van der Waals surface area (Å²) < 4.78 is 0. The molecule has 0 heterocycles. The predicted octanol–water partition coefficient (Wildman–Crippen LogP) is 0.967. The molecule has 0 radical (unpaired) electrons. The van der Waals surface area contributed by atoms with E-state index < -0.39 is 0 Å². The van der Waals surface area contributed by atoms with Gasteiger partial charge in [0.15, 0.2) is 5.88 Å². The number of rotatable bonds is 1. The number of hydrogen-bond donors (Lipinski definition) is 1. The van der Waals surface area contributed by atoms with Crippen LogP contribution in [-0.2, 0) is 0 Å². The van der Waals surface area contributed by atoms with E-state index in [9.17, 15) is 0 Å². The van der Waals surface area contributed by atoms with E-state index in [0.29, 0.717) is 5.88 Å². The van der Waals surface area contributed by atoms with E-state index in [1.807, 2.05) is 0 Å². The minimum Gasteiger partial charge on any atom is -0.495 e. The lowest BCUT2D eigenvalue weighted by molar-refractivity contribution is 0.263. The van der Waals surface area contributed by atoms with Crippen molar-refractivity contribution in [2.24, 2.45) is 0 Å². The minimum absolute atomic E-state index is 0.306. The average Bonchev–Trinajstić information content (AvgIpc) is 1.65. The normalized spacial score (nSPS) is 11.6. The van der Waals surface area contributed by atoms with Crippen LogP contribution in [0.2, 0.25) is 0 Å². The van der Waals surface area contributed by atoms with Crippen LogP contribution in [0.25, 0.3) is 0 Å². The second-order valence-corrected chi connectivity index (χ2v) is 1.54. The molecule has 0 atom stereocenters. The maximum absolute atomic E-state index is 8.72. The lowest BCUT2D eigenvalue weighted by atomic mass is 10.6. The highest BCUT2D eigenvalue weighted by Gasteiger charge is 1.86. The van der Waals surface area contributed by atoms with E-state index in [1.54, 1.807) is 32.0 Å². The van der Waals surface area contributed by atoms with Gasteiger partial charge in [-0.05, 0) is 13.0 Å². The Kier molecular flexibility index (Phi) is 2.27. The minimum atomic E-state index is 0.306. The topological polar surface area (TPSA) is 23.5 Å². The fourth-order valence-corrected chi connectivity index (χ4v) is 0.258. The van der Waals surface area contributed by atoms with Crippen molar-refractivity contribution in [3.8, 4) is 0 Å². The zero-order valence-electron chi connectivity index (χ0n) is 4.97. The van der Waals surface area contributed by atoms with Crippen molar-refractivity contribution in [2.75, 3.05) is 14.1 Å². The van der Waals surface area contributed by atoms with Gasteiger partial charge < -0.3 is 10.0 Å². The lowest BCUT2D eigenvalue weighted by Gasteiger charge is -2.08. The molecule has 0 saturated heterocycles. The van der Waals surface area contributed by atoms with E-state index in [1.165, 1.54) is 0 Å². The van der Waals surface area contributed by atoms with Gasteiger partial charge in [-0.25, -0.2) is 0 Å². The first kappa shape index (κ1) is 6.34. The molecule has 42 valence electrons. The van der Waals surface area contributed by atoms with E-state index in [4.69, 9.17) is 5.11 Å². The summed E-state index contributed by atoms with van der Waals surface area (Å²) in [5.74, 6) is 0.306. The second-order valence-electron chi connectivity index (χ2n) is 1.54. The van der Waals surface area contributed by atoms with Crippen LogP contribution in [-0.4, -0.2) is 24.1 Å². The molecule has 0 saturated carbocycles.